The third-order valence-electron chi connectivity index (χ3n) is 2.88. The number of ether oxygens (including phenoxy) is 1. The Morgan fingerprint density at radius 1 is 1.45 bits per heavy atom. The first-order valence-electron chi connectivity index (χ1n) is 6.34. The van der Waals surface area contributed by atoms with E-state index in [-0.39, 0.29) is 11.1 Å². The predicted octanol–water partition coefficient (Wildman–Crippen LogP) is 4.46. The highest BCUT2D eigenvalue weighted by atomic mass is 79.9. The van der Waals surface area contributed by atoms with Gasteiger partial charge < -0.3 is 4.74 Å². The van der Waals surface area contributed by atoms with E-state index in [9.17, 15) is 10.1 Å². The molecule has 0 aliphatic rings. The van der Waals surface area contributed by atoms with Gasteiger partial charge in [0.25, 0.3) is 5.69 Å². The highest BCUT2D eigenvalue weighted by Crippen LogP contribution is 2.29. The first-order valence-corrected chi connectivity index (χ1v) is 7.13. The van der Waals surface area contributed by atoms with Gasteiger partial charge in [-0.15, -0.1) is 0 Å². The summed E-state index contributed by atoms with van der Waals surface area (Å²) in [4.78, 5) is 10.2. The van der Waals surface area contributed by atoms with Gasteiger partial charge in [-0.2, -0.15) is 5.26 Å². The van der Waals surface area contributed by atoms with Gasteiger partial charge in [0.2, 0.25) is 0 Å². The van der Waals surface area contributed by atoms with Crippen LogP contribution in [0.15, 0.2) is 22.7 Å². The fraction of sp³-hybridized carbons (Fsp3) is 0.500. The van der Waals surface area contributed by atoms with Gasteiger partial charge in [0.05, 0.1) is 33.6 Å². The van der Waals surface area contributed by atoms with Crippen LogP contribution in [0.4, 0.5) is 5.69 Å². The van der Waals surface area contributed by atoms with Crippen LogP contribution in [0.3, 0.4) is 0 Å². The normalized spacial score (nSPS) is 10.9. The molecule has 0 N–H and O–H groups in total. The smallest absolute Gasteiger partial charge is 0.273 e. The maximum absolute atomic E-state index is 10.7. The van der Waals surface area contributed by atoms with Crippen LogP contribution in [0.1, 0.15) is 33.1 Å². The first kappa shape index (κ1) is 16.4. The van der Waals surface area contributed by atoms with Crippen molar-refractivity contribution in [2.24, 2.45) is 5.41 Å². The fourth-order valence-corrected chi connectivity index (χ4v) is 1.98. The summed E-state index contributed by atoms with van der Waals surface area (Å²) in [7, 11) is 0. The Morgan fingerprint density at radius 3 is 2.75 bits per heavy atom. The van der Waals surface area contributed by atoms with E-state index in [0.29, 0.717) is 16.8 Å². The Morgan fingerprint density at radius 2 is 2.15 bits per heavy atom. The molecule has 0 amide bonds. The number of unbranched alkanes of at least 4 members (excludes halogenated alkanes) is 1. The van der Waals surface area contributed by atoms with Crippen molar-refractivity contribution in [3.05, 3.63) is 32.8 Å². The lowest BCUT2D eigenvalue weighted by Gasteiger charge is -2.14. The molecule has 0 heterocycles. The minimum absolute atomic E-state index is 0.00816. The van der Waals surface area contributed by atoms with Gasteiger partial charge in [0.1, 0.15) is 5.75 Å². The van der Waals surface area contributed by atoms with Gasteiger partial charge in [-0.1, -0.05) is 0 Å². The summed E-state index contributed by atoms with van der Waals surface area (Å²) >= 11 is 3.30. The lowest BCUT2D eigenvalue weighted by molar-refractivity contribution is -0.385. The van der Waals surface area contributed by atoms with Gasteiger partial charge >= 0.3 is 0 Å². The van der Waals surface area contributed by atoms with Crippen LogP contribution < -0.4 is 4.74 Å². The molecule has 20 heavy (non-hydrogen) atoms. The summed E-state index contributed by atoms with van der Waals surface area (Å²) in [5.41, 5.74) is -0.305. The van der Waals surface area contributed by atoms with E-state index in [0.717, 1.165) is 19.3 Å². The summed E-state index contributed by atoms with van der Waals surface area (Å²) in [5.74, 6) is 0.471. The van der Waals surface area contributed by atoms with Crippen molar-refractivity contribution in [2.75, 3.05) is 6.61 Å². The van der Waals surface area contributed by atoms with Crippen LogP contribution in [0.25, 0.3) is 0 Å². The molecule has 0 unspecified atom stereocenters. The Labute approximate surface area is 126 Å². The third kappa shape index (κ3) is 5.17. The van der Waals surface area contributed by atoms with Crippen LogP contribution in [0.2, 0.25) is 0 Å². The Hall–Kier alpha value is -1.61. The Balaban J connectivity index is 2.45. The highest BCUT2D eigenvalue weighted by molar-refractivity contribution is 9.10. The molecule has 0 aliphatic heterocycles. The number of rotatable bonds is 7. The fourth-order valence-electron chi connectivity index (χ4n) is 1.62. The van der Waals surface area contributed by atoms with Crippen molar-refractivity contribution < 1.29 is 9.66 Å². The van der Waals surface area contributed by atoms with E-state index in [1.165, 1.54) is 12.1 Å². The molecule has 0 aliphatic carbocycles. The van der Waals surface area contributed by atoms with Crippen molar-refractivity contribution in [3.8, 4) is 11.8 Å². The van der Waals surface area contributed by atoms with Crippen LogP contribution in [-0.2, 0) is 0 Å². The molecule has 0 aromatic heterocycles. The summed E-state index contributed by atoms with van der Waals surface area (Å²) in [6.45, 7) is 4.29. The average Bonchev–Trinajstić information content (AvgIpc) is 2.40. The van der Waals surface area contributed by atoms with Gasteiger partial charge in [0, 0.05) is 6.07 Å². The molecule has 0 bridgehead atoms. The lowest BCUT2D eigenvalue weighted by Crippen LogP contribution is -2.08. The Bertz CT molecular complexity index is 524. The molecule has 0 fully saturated rings. The van der Waals surface area contributed by atoms with Crippen molar-refractivity contribution in [2.45, 2.75) is 33.1 Å². The SMILES string of the molecule is CC(C)(C#N)CCCCOc1cc([N+](=O)[O-])ccc1Br. The van der Waals surface area contributed by atoms with Gasteiger partial charge in [0.15, 0.2) is 0 Å². The number of non-ortho nitro benzene ring substituents is 1. The maximum Gasteiger partial charge on any atom is 0.273 e. The largest absolute Gasteiger partial charge is 0.492 e. The van der Waals surface area contributed by atoms with E-state index in [1.807, 2.05) is 13.8 Å². The van der Waals surface area contributed by atoms with Crippen LogP contribution in [-0.4, -0.2) is 11.5 Å². The molecule has 108 valence electrons. The highest BCUT2D eigenvalue weighted by Gasteiger charge is 2.15. The molecule has 1 aromatic carbocycles. The van der Waals surface area contributed by atoms with Crippen molar-refractivity contribution >= 4 is 21.6 Å². The molecule has 0 saturated carbocycles. The molecule has 1 rings (SSSR count). The summed E-state index contributed by atoms with van der Waals surface area (Å²) in [6, 6.07) is 6.69. The molecular formula is C14H17BrN2O3. The number of nitro groups is 1. The zero-order chi connectivity index (χ0) is 15.2. The zero-order valence-electron chi connectivity index (χ0n) is 11.6. The Kier molecular flexibility index (Phi) is 5.96. The number of benzene rings is 1. The molecular weight excluding hydrogens is 324 g/mol. The van der Waals surface area contributed by atoms with Gasteiger partial charge in [-0.05, 0) is 55.1 Å². The van der Waals surface area contributed by atoms with Crippen LogP contribution in [0.5, 0.6) is 5.75 Å². The maximum atomic E-state index is 10.7. The summed E-state index contributed by atoms with van der Waals surface area (Å²) < 4.78 is 6.24. The van der Waals surface area contributed by atoms with E-state index in [1.54, 1.807) is 6.07 Å². The van der Waals surface area contributed by atoms with Crippen molar-refractivity contribution in [1.82, 2.24) is 0 Å². The lowest BCUT2D eigenvalue weighted by atomic mass is 9.89. The van der Waals surface area contributed by atoms with E-state index in [4.69, 9.17) is 10.00 Å². The standard InChI is InChI=1S/C14H17BrN2O3/c1-14(2,10-16)7-3-4-8-20-13-9-11(17(18)19)5-6-12(13)15/h5-6,9H,3-4,7-8H2,1-2H3. The number of nitro benzene ring substituents is 1. The number of nitriles is 1. The third-order valence-corrected chi connectivity index (χ3v) is 3.54. The molecule has 0 radical (unpaired) electrons. The van der Waals surface area contributed by atoms with Gasteiger partial charge in [-0.3, -0.25) is 10.1 Å². The van der Waals surface area contributed by atoms with Crippen LogP contribution in [0, 0.1) is 26.9 Å². The predicted molar refractivity (Wildman–Crippen MR) is 79.5 cm³/mol. The molecule has 5 nitrogen and oxygen atoms in total. The second-order valence-corrected chi connectivity index (χ2v) is 6.03. The minimum Gasteiger partial charge on any atom is -0.492 e. The quantitative estimate of drug-likeness (QED) is 0.417. The number of hydrogen-bond donors (Lipinski definition) is 0. The van der Waals surface area contributed by atoms with Crippen LogP contribution >= 0.6 is 15.9 Å². The monoisotopic (exact) mass is 340 g/mol. The summed E-state index contributed by atoms with van der Waals surface area (Å²) in [6.07, 6.45) is 2.50. The summed E-state index contributed by atoms with van der Waals surface area (Å²) in [5, 5.41) is 19.6. The average molecular weight is 341 g/mol. The first-order chi connectivity index (χ1) is 9.35. The molecule has 0 atom stereocenters. The molecule has 6 heteroatoms. The van der Waals surface area contributed by atoms with E-state index in [2.05, 4.69) is 22.0 Å². The number of hydrogen-bond acceptors (Lipinski definition) is 4. The molecule has 1 aromatic rings. The molecule has 0 saturated heterocycles. The number of nitrogens with zero attached hydrogens (tertiary/aromatic N) is 2. The second kappa shape index (κ2) is 7.25. The molecule has 0 spiro atoms. The second-order valence-electron chi connectivity index (χ2n) is 5.17. The van der Waals surface area contributed by atoms with Crippen molar-refractivity contribution in [1.29, 1.82) is 5.26 Å². The van der Waals surface area contributed by atoms with Crippen molar-refractivity contribution in [3.63, 3.8) is 0 Å². The minimum atomic E-state index is -0.450. The van der Waals surface area contributed by atoms with E-state index < -0.39 is 4.92 Å². The topological polar surface area (TPSA) is 76.2 Å². The number of halogens is 1. The zero-order valence-corrected chi connectivity index (χ0v) is 13.1. The van der Waals surface area contributed by atoms with Gasteiger partial charge in [-0.25, -0.2) is 0 Å². The van der Waals surface area contributed by atoms with E-state index >= 15 is 0 Å².